The molecule has 0 bridgehead atoms. The molecule has 0 fully saturated rings. The van der Waals surface area contributed by atoms with E-state index in [2.05, 4.69) is 11.0 Å². The lowest BCUT2D eigenvalue weighted by Gasteiger charge is -2.20. The van der Waals surface area contributed by atoms with Crippen molar-refractivity contribution >= 4 is 11.4 Å². The minimum absolute atomic E-state index is 0.629. The molecule has 0 heterocycles. The average Bonchev–Trinajstić information content (AvgIpc) is 2.47. The zero-order chi connectivity index (χ0) is 14.5. The van der Waals surface area contributed by atoms with Crippen molar-refractivity contribution in [1.29, 1.82) is 5.26 Å². The molecule has 0 spiro atoms. The molecule has 0 aliphatic heterocycles. The van der Waals surface area contributed by atoms with Crippen LogP contribution in [0.5, 0.6) is 5.75 Å². The van der Waals surface area contributed by atoms with E-state index in [4.69, 9.17) is 15.7 Å². The Labute approximate surface area is 119 Å². The van der Waals surface area contributed by atoms with E-state index < -0.39 is 0 Å². The Balaban J connectivity index is 2.17. The Kier molecular flexibility index (Phi) is 4.11. The van der Waals surface area contributed by atoms with Gasteiger partial charge in [-0.05, 0) is 35.9 Å². The number of anilines is 2. The summed E-state index contributed by atoms with van der Waals surface area (Å²) in [4.78, 5) is 2.07. The molecule has 0 atom stereocenters. The van der Waals surface area contributed by atoms with Crippen LogP contribution in [0.3, 0.4) is 0 Å². The summed E-state index contributed by atoms with van der Waals surface area (Å²) in [5.74, 6) is 0.683. The van der Waals surface area contributed by atoms with E-state index in [0.29, 0.717) is 23.5 Å². The Morgan fingerprint density at radius 2 is 2.05 bits per heavy atom. The monoisotopic (exact) mass is 267 g/mol. The van der Waals surface area contributed by atoms with Crippen molar-refractivity contribution in [1.82, 2.24) is 0 Å². The SMILES string of the molecule is COc1ccc(CN(C)c2cccc(C#N)c2)cc1N. The normalized spacial score (nSPS) is 9.85. The van der Waals surface area contributed by atoms with Gasteiger partial charge < -0.3 is 15.4 Å². The van der Waals surface area contributed by atoms with E-state index in [9.17, 15) is 0 Å². The molecule has 0 saturated carbocycles. The van der Waals surface area contributed by atoms with Gasteiger partial charge >= 0.3 is 0 Å². The van der Waals surface area contributed by atoms with Gasteiger partial charge in [-0.2, -0.15) is 5.26 Å². The standard InChI is InChI=1S/C16H17N3O/c1-19(14-5-3-4-12(8-14)10-17)11-13-6-7-16(20-2)15(18)9-13/h3-9H,11,18H2,1-2H3. The minimum Gasteiger partial charge on any atom is -0.495 e. The Bertz CT molecular complexity index is 646. The van der Waals surface area contributed by atoms with Crippen molar-refractivity contribution in [2.24, 2.45) is 0 Å². The third-order valence-corrected chi connectivity index (χ3v) is 3.13. The van der Waals surface area contributed by atoms with Crippen LogP contribution in [0.25, 0.3) is 0 Å². The highest BCUT2D eigenvalue weighted by atomic mass is 16.5. The first-order valence-corrected chi connectivity index (χ1v) is 6.27. The largest absolute Gasteiger partial charge is 0.495 e. The van der Waals surface area contributed by atoms with Gasteiger partial charge in [-0.1, -0.05) is 12.1 Å². The van der Waals surface area contributed by atoms with Gasteiger partial charge in [0.05, 0.1) is 24.4 Å². The van der Waals surface area contributed by atoms with Crippen LogP contribution in [-0.2, 0) is 6.54 Å². The molecule has 4 nitrogen and oxygen atoms in total. The maximum absolute atomic E-state index is 8.93. The van der Waals surface area contributed by atoms with Crippen molar-refractivity contribution in [2.75, 3.05) is 24.8 Å². The number of methoxy groups -OCH3 is 1. The van der Waals surface area contributed by atoms with E-state index >= 15 is 0 Å². The maximum Gasteiger partial charge on any atom is 0.141 e. The van der Waals surface area contributed by atoms with Gasteiger partial charge in [-0.15, -0.1) is 0 Å². The predicted molar refractivity (Wildman–Crippen MR) is 80.7 cm³/mol. The lowest BCUT2D eigenvalue weighted by Crippen LogP contribution is -2.16. The predicted octanol–water partition coefficient (Wildman–Crippen LogP) is 2.79. The van der Waals surface area contributed by atoms with Gasteiger partial charge in [0.25, 0.3) is 0 Å². The molecule has 0 amide bonds. The molecule has 2 aromatic carbocycles. The summed E-state index contributed by atoms with van der Waals surface area (Å²) >= 11 is 0. The van der Waals surface area contributed by atoms with E-state index in [-0.39, 0.29) is 0 Å². The van der Waals surface area contributed by atoms with Crippen molar-refractivity contribution in [3.63, 3.8) is 0 Å². The first kappa shape index (κ1) is 13.8. The first-order chi connectivity index (χ1) is 9.63. The highest BCUT2D eigenvalue weighted by molar-refractivity contribution is 5.56. The first-order valence-electron chi connectivity index (χ1n) is 6.27. The average molecular weight is 267 g/mol. The smallest absolute Gasteiger partial charge is 0.141 e. The van der Waals surface area contributed by atoms with Crippen LogP contribution in [0.2, 0.25) is 0 Å². The number of nitrogens with zero attached hydrogens (tertiary/aromatic N) is 2. The van der Waals surface area contributed by atoms with Crippen LogP contribution >= 0.6 is 0 Å². The second kappa shape index (κ2) is 5.98. The van der Waals surface area contributed by atoms with Gasteiger partial charge in [-0.25, -0.2) is 0 Å². The van der Waals surface area contributed by atoms with Crippen LogP contribution in [0.4, 0.5) is 11.4 Å². The van der Waals surface area contributed by atoms with E-state index in [1.807, 2.05) is 43.4 Å². The van der Waals surface area contributed by atoms with Gasteiger partial charge in [0.2, 0.25) is 0 Å². The van der Waals surface area contributed by atoms with Gasteiger partial charge in [0.1, 0.15) is 5.75 Å². The van der Waals surface area contributed by atoms with Crippen LogP contribution < -0.4 is 15.4 Å². The van der Waals surface area contributed by atoms with Crippen molar-refractivity contribution in [2.45, 2.75) is 6.54 Å². The number of hydrogen-bond acceptors (Lipinski definition) is 4. The molecule has 2 N–H and O–H groups in total. The van der Waals surface area contributed by atoms with Gasteiger partial charge in [0.15, 0.2) is 0 Å². The number of nitrogen functional groups attached to an aromatic ring is 1. The van der Waals surface area contributed by atoms with E-state index in [0.717, 1.165) is 11.3 Å². The van der Waals surface area contributed by atoms with E-state index in [1.54, 1.807) is 13.2 Å². The van der Waals surface area contributed by atoms with Crippen molar-refractivity contribution < 1.29 is 4.74 Å². The molecule has 0 radical (unpaired) electrons. The highest BCUT2D eigenvalue weighted by Gasteiger charge is 2.05. The maximum atomic E-state index is 8.93. The molecule has 0 unspecified atom stereocenters. The fourth-order valence-corrected chi connectivity index (χ4v) is 2.06. The summed E-state index contributed by atoms with van der Waals surface area (Å²) in [6.45, 7) is 0.711. The van der Waals surface area contributed by atoms with Gasteiger partial charge in [-0.3, -0.25) is 0 Å². The fraction of sp³-hybridized carbons (Fsp3) is 0.188. The number of benzene rings is 2. The van der Waals surface area contributed by atoms with Crippen LogP contribution in [0.15, 0.2) is 42.5 Å². The number of rotatable bonds is 4. The molecule has 20 heavy (non-hydrogen) atoms. The van der Waals surface area contributed by atoms with Crippen molar-refractivity contribution in [3.05, 3.63) is 53.6 Å². The van der Waals surface area contributed by atoms with Crippen LogP contribution in [-0.4, -0.2) is 14.2 Å². The molecule has 4 heteroatoms. The highest BCUT2D eigenvalue weighted by Crippen LogP contribution is 2.24. The summed E-state index contributed by atoms with van der Waals surface area (Å²) in [5.41, 5.74) is 9.28. The lowest BCUT2D eigenvalue weighted by atomic mass is 10.1. The fourth-order valence-electron chi connectivity index (χ4n) is 2.06. The van der Waals surface area contributed by atoms with Crippen LogP contribution in [0.1, 0.15) is 11.1 Å². The Morgan fingerprint density at radius 3 is 2.70 bits per heavy atom. The molecule has 2 rings (SSSR count). The topological polar surface area (TPSA) is 62.3 Å². The van der Waals surface area contributed by atoms with Gasteiger partial charge in [0, 0.05) is 19.3 Å². The minimum atomic E-state index is 0.629. The second-order valence-corrected chi connectivity index (χ2v) is 4.59. The molecule has 102 valence electrons. The van der Waals surface area contributed by atoms with Crippen molar-refractivity contribution in [3.8, 4) is 11.8 Å². The molecule has 0 aromatic heterocycles. The zero-order valence-electron chi connectivity index (χ0n) is 11.6. The number of nitriles is 1. The summed E-state index contributed by atoms with van der Waals surface area (Å²) in [6.07, 6.45) is 0. The molecule has 0 aliphatic rings. The lowest BCUT2D eigenvalue weighted by molar-refractivity contribution is 0.417. The number of hydrogen-bond donors (Lipinski definition) is 1. The summed E-state index contributed by atoms with van der Waals surface area (Å²) < 4.78 is 5.15. The number of ether oxygens (including phenoxy) is 1. The summed E-state index contributed by atoms with van der Waals surface area (Å²) in [6, 6.07) is 15.4. The second-order valence-electron chi connectivity index (χ2n) is 4.59. The quantitative estimate of drug-likeness (QED) is 0.865. The molecular formula is C16H17N3O. The Morgan fingerprint density at radius 1 is 1.25 bits per heavy atom. The van der Waals surface area contributed by atoms with E-state index in [1.165, 1.54) is 0 Å². The third kappa shape index (κ3) is 3.01. The Hall–Kier alpha value is -2.67. The molecule has 0 saturated heterocycles. The molecule has 0 aliphatic carbocycles. The number of nitrogens with two attached hydrogens (primary N) is 1. The molecular weight excluding hydrogens is 250 g/mol. The van der Waals surface area contributed by atoms with Crippen LogP contribution in [0, 0.1) is 11.3 Å². The zero-order valence-corrected chi connectivity index (χ0v) is 11.6. The third-order valence-electron chi connectivity index (χ3n) is 3.13. The summed E-state index contributed by atoms with van der Waals surface area (Å²) in [5, 5.41) is 8.93. The summed E-state index contributed by atoms with van der Waals surface area (Å²) in [7, 11) is 3.59. The molecule has 2 aromatic rings.